The number of rotatable bonds is 5. The van der Waals surface area contributed by atoms with E-state index in [0.29, 0.717) is 11.8 Å². The zero-order valence-electron chi connectivity index (χ0n) is 12.2. The van der Waals surface area contributed by atoms with Gasteiger partial charge in [-0.15, -0.1) is 10.2 Å². The molecule has 0 radical (unpaired) electrons. The fraction of sp³-hybridized carbons (Fsp3) is 0.500. The Morgan fingerprint density at radius 2 is 1.90 bits per heavy atom. The third-order valence-electron chi connectivity index (χ3n) is 4.13. The van der Waals surface area contributed by atoms with Gasteiger partial charge in [0, 0.05) is 5.56 Å². The van der Waals surface area contributed by atoms with Gasteiger partial charge in [0.25, 0.3) is 0 Å². The van der Waals surface area contributed by atoms with Crippen LogP contribution in [0.4, 0.5) is 0 Å². The Hall–Kier alpha value is -1.72. The first-order chi connectivity index (χ1) is 10.3. The number of nitrogens with two attached hydrogens (primary N) is 1. The lowest BCUT2D eigenvalue weighted by Gasteiger charge is -2.30. The molecule has 0 unspecified atom stereocenters. The second-order valence-electron chi connectivity index (χ2n) is 5.66. The molecule has 1 saturated heterocycles. The number of benzene rings is 1. The van der Waals surface area contributed by atoms with Crippen LogP contribution in [0.2, 0.25) is 0 Å². The van der Waals surface area contributed by atoms with Gasteiger partial charge >= 0.3 is 0 Å². The average molecular weight is 286 g/mol. The SMILES string of the molecule is NCCC1CCN(Cc2nnc(-c3ccccc3)o2)CC1. The van der Waals surface area contributed by atoms with Gasteiger partial charge in [0.15, 0.2) is 0 Å². The quantitative estimate of drug-likeness (QED) is 0.913. The van der Waals surface area contributed by atoms with Crippen molar-refractivity contribution in [2.24, 2.45) is 11.7 Å². The average Bonchev–Trinajstić information content (AvgIpc) is 2.99. The van der Waals surface area contributed by atoms with Gasteiger partial charge in [-0.25, -0.2) is 0 Å². The first kappa shape index (κ1) is 14.2. The molecule has 1 aliphatic rings. The molecule has 0 aliphatic carbocycles. The van der Waals surface area contributed by atoms with Crippen LogP contribution in [0.3, 0.4) is 0 Å². The van der Waals surface area contributed by atoms with Gasteiger partial charge in [0.05, 0.1) is 6.54 Å². The van der Waals surface area contributed by atoms with E-state index < -0.39 is 0 Å². The molecule has 0 bridgehead atoms. The highest BCUT2D eigenvalue weighted by Gasteiger charge is 2.20. The number of hydrogen-bond acceptors (Lipinski definition) is 5. The van der Waals surface area contributed by atoms with Crippen molar-refractivity contribution < 1.29 is 4.42 Å². The van der Waals surface area contributed by atoms with E-state index in [2.05, 4.69) is 15.1 Å². The van der Waals surface area contributed by atoms with Crippen LogP contribution < -0.4 is 5.73 Å². The monoisotopic (exact) mass is 286 g/mol. The number of likely N-dealkylation sites (tertiary alicyclic amines) is 1. The fourth-order valence-electron chi connectivity index (χ4n) is 2.88. The maximum Gasteiger partial charge on any atom is 0.247 e. The molecule has 2 heterocycles. The van der Waals surface area contributed by atoms with E-state index in [4.69, 9.17) is 10.2 Å². The summed E-state index contributed by atoms with van der Waals surface area (Å²) in [4.78, 5) is 2.38. The van der Waals surface area contributed by atoms with Crippen molar-refractivity contribution in [1.29, 1.82) is 0 Å². The summed E-state index contributed by atoms with van der Waals surface area (Å²) >= 11 is 0. The summed E-state index contributed by atoms with van der Waals surface area (Å²) in [7, 11) is 0. The summed E-state index contributed by atoms with van der Waals surface area (Å²) in [5.41, 5.74) is 6.60. The lowest BCUT2D eigenvalue weighted by molar-refractivity contribution is 0.161. The van der Waals surface area contributed by atoms with E-state index in [1.165, 1.54) is 12.8 Å². The molecule has 0 spiro atoms. The second-order valence-corrected chi connectivity index (χ2v) is 5.66. The lowest BCUT2D eigenvalue weighted by Crippen LogP contribution is -2.33. The lowest BCUT2D eigenvalue weighted by atomic mass is 9.94. The Labute approximate surface area is 125 Å². The molecular formula is C16H22N4O. The molecule has 1 aromatic heterocycles. The smallest absolute Gasteiger partial charge is 0.247 e. The Balaban J connectivity index is 1.56. The van der Waals surface area contributed by atoms with Crippen LogP contribution >= 0.6 is 0 Å². The van der Waals surface area contributed by atoms with Crippen molar-refractivity contribution in [3.63, 3.8) is 0 Å². The highest BCUT2D eigenvalue weighted by atomic mass is 16.4. The van der Waals surface area contributed by atoms with Crippen LogP contribution in [0.5, 0.6) is 0 Å². The molecule has 1 fully saturated rings. The van der Waals surface area contributed by atoms with Crippen LogP contribution in [0.15, 0.2) is 34.7 Å². The first-order valence-corrected chi connectivity index (χ1v) is 7.65. The van der Waals surface area contributed by atoms with Crippen LogP contribution in [0, 0.1) is 5.92 Å². The molecule has 0 saturated carbocycles. The molecule has 0 atom stereocenters. The van der Waals surface area contributed by atoms with Crippen molar-refractivity contribution >= 4 is 0 Å². The molecule has 112 valence electrons. The number of hydrogen-bond donors (Lipinski definition) is 1. The zero-order valence-corrected chi connectivity index (χ0v) is 12.2. The minimum atomic E-state index is 0.601. The Morgan fingerprint density at radius 1 is 1.14 bits per heavy atom. The predicted molar refractivity (Wildman–Crippen MR) is 81.4 cm³/mol. The van der Waals surface area contributed by atoms with E-state index in [0.717, 1.165) is 44.1 Å². The van der Waals surface area contributed by atoms with Crippen molar-refractivity contribution in [2.75, 3.05) is 19.6 Å². The van der Waals surface area contributed by atoms with E-state index >= 15 is 0 Å². The van der Waals surface area contributed by atoms with Gasteiger partial charge in [-0.2, -0.15) is 0 Å². The topological polar surface area (TPSA) is 68.2 Å². The summed E-state index contributed by atoms with van der Waals surface area (Å²) < 4.78 is 5.76. The summed E-state index contributed by atoms with van der Waals surface area (Å²) in [6.45, 7) is 3.73. The Morgan fingerprint density at radius 3 is 2.62 bits per heavy atom. The summed E-state index contributed by atoms with van der Waals surface area (Å²) in [5, 5.41) is 8.30. The van der Waals surface area contributed by atoms with E-state index in [-0.39, 0.29) is 0 Å². The van der Waals surface area contributed by atoms with Gasteiger partial charge < -0.3 is 10.2 Å². The van der Waals surface area contributed by atoms with Crippen molar-refractivity contribution in [2.45, 2.75) is 25.8 Å². The molecule has 2 aromatic rings. The van der Waals surface area contributed by atoms with E-state index in [1.807, 2.05) is 30.3 Å². The maximum absolute atomic E-state index is 5.76. The van der Waals surface area contributed by atoms with Gasteiger partial charge in [-0.1, -0.05) is 18.2 Å². The predicted octanol–water partition coefficient (Wildman–Crippen LogP) is 2.30. The number of nitrogens with zero attached hydrogens (tertiary/aromatic N) is 3. The zero-order chi connectivity index (χ0) is 14.5. The maximum atomic E-state index is 5.76. The van der Waals surface area contributed by atoms with Crippen molar-refractivity contribution in [1.82, 2.24) is 15.1 Å². The third-order valence-corrected chi connectivity index (χ3v) is 4.13. The molecule has 0 amide bonds. The van der Waals surface area contributed by atoms with E-state index in [1.54, 1.807) is 0 Å². The van der Waals surface area contributed by atoms with Gasteiger partial charge in [0.1, 0.15) is 0 Å². The van der Waals surface area contributed by atoms with Crippen molar-refractivity contribution in [3.8, 4) is 11.5 Å². The molecule has 1 aliphatic heterocycles. The Kier molecular flexibility index (Phi) is 4.62. The number of aromatic nitrogens is 2. The fourth-order valence-corrected chi connectivity index (χ4v) is 2.88. The molecule has 3 rings (SSSR count). The minimum Gasteiger partial charge on any atom is -0.419 e. The molecular weight excluding hydrogens is 264 g/mol. The first-order valence-electron chi connectivity index (χ1n) is 7.65. The van der Waals surface area contributed by atoms with Gasteiger partial charge in [-0.05, 0) is 56.9 Å². The Bertz CT molecular complexity index is 546. The van der Waals surface area contributed by atoms with Crippen LogP contribution in [0.1, 0.15) is 25.2 Å². The van der Waals surface area contributed by atoms with Crippen LogP contribution in [-0.2, 0) is 6.54 Å². The molecule has 1 aromatic carbocycles. The van der Waals surface area contributed by atoms with Crippen LogP contribution in [-0.4, -0.2) is 34.7 Å². The minimum absolute atomic E-state index is 0.601. The highest BCUT2D eigenvalue weighted by molar-refractivity contribution is 5.51. The normalized spacial score (nSPS) is 17.2. The molecule has 5 heteroatoms. The van der Waals surface area contributed by atoms with Gasteiger partial charge in [-0.3, -0.25) is 4.90 Å². The van der Waals surface area contributed by atoms with E-state index in [9.17, 15) is 0 Å². The van der Waals surface area contributed by atoms with Crippen LogP contribution in [0.25, 0.3) is 11.5 Å². The van der Waals surface area contributed by atoms with Gasteiger partial charge in [0.2, 0.25) is 11.8 Å². The third kappa shape index (κ3) is 3.68. The standard InChI is InChI=1S/C16H22N4O/c17-9-6-13-7-10-20(11-8-13)12-15-18-19-16(21-15)14-4-2-1-3-5-14/h1-5,13H,6-12,17H2. The molecule has 2 N–H and O–H groups in total. The second kappa shape index (κ2) is 6.83. The van der Waals surface area contributed by atoms with Crippen molar-refractivity contribution in [3.05, 3.63) is 36.2 Å². The summed E-state index contributed by atoms with van der Waals surface area (Å²) in [5.74, 6) is 2.09. The molecule has 21 heavy (non-hydrogen) atoms. The summed E-state index contributed by atoms with van der Waals surface area (Å²) in [6, 6.07) is 9.89. The largest absolute Gasteiger partial charge is 0.419 e. The molecule has 5 nitrogen and oxygen atoms in total. The number of piperidine rings is 1. The summed E-state index contributed by atoms with van der Waals surface area (Å²) in [6.07, 6.45) is 3.58. The highest BCUT2D eigenvalue weighted by Crippen LogP contribution is 2.22.